The summed E-state index contributed by atoms with van der Waals surface area (Å²) < 4.78 is 0. The van der Waals surface area contributed by atoms with Gasteiger partial charge >= 0.3 is 0 Å². The number of hydrogen-bond acceptors (Lipinski definition) is 0. The molecule has 0 aromatic heterocycles. The van der Waals surface area contributed by atoms with Gasteiger partial charge in [0.05, 0.1) is 0 Å². The Morgan fingerprint density at radius 2 is 0.462 bits per heavy atom. The predicted octanol–water partition coefficient (Wildman–Crippen LogP) is 0.942. The first-order chi connectivity index (χ1) is 1.91. The Morgan fingerprint density at radius 1 is 0.385 bits per heavy atom. The number of allylic oxidation sites excluding steroid dienone is 2. The van der Waals surface area contributed by atoms with E-state index in [1.54, 1.807) is 0 Å². The third-order valence-electron chi connectivity index (χ3n) is 0.111. The minimum Gasteiger partial charge on any atom is -0.394 e. The maximum Gasteiger partial charge on any atom is 0 e. The van der Waals surface area contributed by atoms with E-state index in [4.69, 9.17) is 13.2 Å². The molecule has 0 saturated carbocycles. The first kappa shape index (κ1) is 66.7. The first-order valence-electron chi connectivity index (χ1n) is 1.00. The molecule has 0 fully saturated rings. The Morgan fingerprint density at radius 3 is 0.462 bits per heavy atom. The molecule has 0 aliphatic heterocycles. The van der Waals surface area contributed by atoms with Crippen molar-refractivity contribution in [3.05, 3.63) is 25.3 Å². The summed E-state index contributed by atoms with van der Waals surface area (Å²) in [7, 11) is 0. The zero-order valence-corrected chi connectivity index (χ0v) is 33.1. The van der Waals surface area contributed by atoms with Crippen LogP contribution in [0.3, 0.4) is 0 Å². The van der Waals surface area contributed by atoms with Gasteiger partial charge in [-0.2, -0.15) is 0 Å². The topological polar surface area (TPSA) is 0 Å². The zero-order valence-electron chi connectivity index (χ0n) is 7.51. The second kappa shape index (κ2) is 68.5. The van der Waals surface area contributed by atoms with Crippen molar-refractivity contribution in [1.29, 1.82) is 0 Å². The number of rotatable bonds is 1. The van der Waals surface area contributed by atoms with Crippen LogP contribution in [-0.2, 0) is 294 Å². The zero-order chi connectivity index (χ0) is 3.41. The summed E-state index contributed by atoms with van der Waals surface area (Å²) >= 11 is 0. The quantitative estimate of drug-likeness (QED) is 0.273. The molecule has 13 heavy (non-hydrogen) atoms. The van der Waals surface area contributed by atoms with E-state index in [1.165, 1.54) is 12.2 Å². The summed E-state index contributed by atoms with van der Waals surface area (Å²) in [5.41, 5.74) is 0. The van der Waals surface area contributed by atoms with Gasteiger partial charge in [0.15, 0.2) is 0 Å². The van der Waals surface area contributed by atoms with Crippen molar-refractivity contribution in [2.75, 3.05) is 0 Å². The van der Waals surface area contributed by atoms with Gasteiger partial charge in [0.2, 0.25) is 0 Å². The standard InChI is InChI=1S/C4H4.9Y/c1-3-4-2;;;;;;;;;/h1-4H;;;;;;;;;/q-2;;;;;;;;;. The molecule has 0 aromatic rings. The second-order valence-electron chi connectivity index (χ2n) is 0.385. The van der Waals surface area contributed by atoms with Crippen molar-refractivity contribution < 1.29 is 294 Å². The van der Waals surface area contributed by atoms with Crippen LogP contribution in [0.25, 0.3) is 0 Å². The summed E-state index contributed by atoms with van der Waals surface area (Å²) in [5, 5.41) is 0. The maximum atomic E-state index is 4.72. The molecule has 0 bridgehead atoms. The van der Waals surface area contributed by atoms with Crippen LogP contribution >= 0.6 is 0 Å². The van der Waals surface area contributed by atoms with Gasteiger partial charge in [-0.05, 0) is 0 Å². The molecule has 0 nitrogen and oxygen atoms in total. The van der Waals surface area contributed by atoms with E-state index in [1.807, 2.05) is 0 Å². The van der Waals surface area contributed by atoms with E-state index in [0.717, 1.165) is 0 Å². The third-order valence-corrected chi connectivity index (χ3v) is 0.111. The molecule has 0 aliphatic rings. The van der Waals surface area contributed by atoms with E-state index < -0.39 is 0 Å². The molecule has 49 valence electrons. The molecule has 0 atom stereocenters. The smallest absolute Gasteiger partial charge is 0 e. The normalized spacial score (nSPS) is 1.54. The largest absolute Gasteiger partial charge is 0.394 e. The van der Waals surface area contributed by atoms with Crippen LogP contribution < -0.4 is 0 Å². The minimum absolute atomic E-state index is 0. The molecule has 9 heteroatoms. The molecule has 0 saturated heterocycles. The van der Waals surface area contributed by atoms with E-state index in [-0.39, 0.29) is 294 Å². The molecule has 0 unspecified atom stereocenters. The van der Waals surface area contributed by atoms with Crippen LogP contribution in [0, 0.1) is 13.2 Å². The molecule has 0 spiro atoms. The van der Waals surface area contributed by atoms with Crippen molar-refractivity contribution in [3.63, 3.8) is 0 Å². The summed E-state index contributed by atoms with van der Waals surface area (Å²) in [6.45, 7) is 9.44. The van der Waals surface area contributed by atoms with Gasteiger partial charge in [-0.15, -0.1) is 0 Å². The Bertz CT molecular complexity index is 32.6. The van der Waals surface area contributed by atoms with Crippen molar-refractivity contribution >= 4 is 0 Å². The molecule has 0 aromatic carbocycles. The van der Waals surface area contributed by atoms with Gasteiger partial charge in [0.1, 0.15) is 0 Å². The van der Waals surface area contributed by atoms with Crippen LogP contribution in [0.2, 0.25) is 0 Å². The molecule has 0 rings (SSSR count). The number of hydrogen-bond donors (Lipinski definition) is 0. The van der Waals surface area contributed by atoms with Gasteiger partial charge < -0.3 is 25.3 Å². The van der Waals surface area contributed by atoms with E-state index in [9.17, 15) is 0 Å². The Hall–Kier alpha value is 9.42. The molecule has 0 heterocycles. The van der Waals surface area contributed by atoms with Crippen molar-refractivity contribution in [2.45, 2.75) is 0 Å². The van der Waals surface area contributed by atoms with Gasteiger partial charge in [-0.1, -0.05) is 0 Å². The summed E-state index contributed by atoms with van der Waals surface area (Å²) in [4.78, 5) is 0. The molecule has 0 amide bonds. The molecular weight excluding hydrogens is 848 g/mol. The fourth-order valence-corrected chi connectivity index (χ4v) is 0. The summed E-state index contributed by atoms with van der Waals surface area (Å²) in [6, 6.07) is 0. The van der Waals surface area contributed by atoms with Crippen molar-refractivity contribution in [3.8, 4) is 0 Å². The van der Waals surface area contributed by atoms with Crippen molar-refractivity contribution in [2.24, 2.45) is 0 Å². The van der Waals surface area contributed by atoms with Gasteiger partial charge in [-0.25, -0.2) is 0 Å². The minimum atomic E-state index is 0. The third kappa shape index (κ3) is 74.4. The fraction of sp³-hybridized carbons (Fsp3) is 0. The van der Waals surface area contributed by atoms with Crippen LogP contribution in [0.4, 0.5) is 0 Å². The van der Waals surface area contributed by atoms with E-state index in [0.29, 0.717) is 0 Å². The average molecular weight is 852 g/mol. The predicted molar refractivity (Wildman–Crippen MR) is 17.7 cm³/mol. The second-order valence-corrected chi connectivity index (χ2v) is 0.385. The maximum absolute atomic E-state index is 4.72. The van der Waals surface area contributed by atoms with Gasteiger partial charge in [0.25, 0.3) is 0 Å². The van der Waals surface area contributed by atoms with Crippen LogP contribution in [0.1, 0.15) is 0 Å². The molecule has 0 aliphatic carbocycles. The van der Waals surface area contributed by atoms with Gasteiger partial charge in [-0.3, -0.25) is 0 Å². The Kier molecular flexibility index (Phi) is 351. The average Bonchev–Trinajstić information content (AvgIpc) is 1.37. The Balaban J connectivity index is -0.00000000125. The summed E-state index contributed by atoms with van der Waals surface area (Å²) in [6.07, 6.45) is 2.56. The van der Waals surface area contributed by atoms with Crippen LogP contribution in [0.5, 0.6) is 0 Å². The Labute approximate surface area is 309 Å². The van der Waals surface area contributed by atoms with Crippen molar-refractivity contribution in [1.82, 2.24) is 0 Å². The summed E-state index contributed by atoms with van der Waals surface area (Å²) in [5.74, 6) is 0. The molecule has 9 radical (unpaired) electrons. The van der Waals surface area contributed by atoms with E-state index in [2.05, 4.69) is 0 Å². The van der Waals surface area contributed by atoms with Crippen LogP contribution in [-0.4, -0.2) is 0 Å². The first-order valence-corrected chi connectivity index (χ1v) is 1.00. The monoisotopic (exact) mass is 852 g/mol. The van der Waals surface area contributed by atoms with E-state index >= 15 is 0 Å². The van der Waals surface area contributed by atoms with Gasteiger partial charge in [0, 0.05) is 294 Å². The fourth-order valence-electron chi connectivity index (χ4n) is 0. The molecule has 0 N–H and O–H groups in total. The van der Waals surface area contributed by atoms with Crippen LogP contribution in [0.15, 0.2) is 12.2 Å². The SMILES string of the molecule is [CH-]=CC=[CH-].[Y].[Y].[Y].[Y].[Y].[Y].[Y].[Y].[Y]. The molecular formula is C4H4Y9-2.